The second-order valence-electron chi connectivity index (χ2n) is 2.57. The Morgan fingerprint density at radius 3 is 2.77 bits per heavy atom. The first-order chi connectivity index (χ1) is 6.20. The van der Waals surface area contributed by atoms with Crippen molar-refractivity contribution in [1.82, 2.24) is 0 Å². The van der Waals surface area contributed by atoms with Gasteiger partial charge in [0.2, 0.25) is 0 Å². The minimum absolute atomic E-state index is 0.141. The van der Waals surface area contributed by atoms with Crippen LogP contribution in [0.25, 0.3) is 0 Å². The third-order valence-corrected chi connectivity index (χ3v) is 1.76. The molecule has 0 saturated heterocycles. The number of aliphatic hydroxyl groups is 1. The minimum Gasteiger partial charge on any atom is -0.504 e. The minimum atomic E-state index is -1.30. The third-order valence-electron chi connectivity index (χ3n) is 1.76. The fraction of sp³-hybridized carbons (Fsp3) is 0.333. The van der Waals surface area contributed by atoms with E-state index in [2.05, 4.69) is 0 Å². The summed E-state index contributed by atoms with van der Waals surface area (Å²) in [6.45, 7) is -0.930. The number of methoxy groups -OCH3 is 1. The second-order valence-corrected chi connectivity index (χ2v) is 2.57. The lowest BCUT2D eigenvalue weighted by Gasteiger charge is -2.11. The summed E-state index contributed by atoms with van der Waals surface area (Å²) >= 11 is 0. The van der Waals surface area contributed by atoms with Gasteiger partial charge in [0.25, 0.3) is 0 Å². The molecule has 1 rings (SSSR count). The molecule has 4 heteroatoms. The van der Waals surface area contributed by atoms with Crippen LogP contribution in [0.5, 0.6) is 11.5 Å². The number of para-hydroxylation sites is 1. The topological polar surface area (TPSA) is 49.7 Å². The third kappa shape index (κ3) is 1.89. The van der Waals surface area contributed by atoms with Gasteiger partial charge in [-0.1, -0.05) is 12.1 Å². The molecule has 0 aliphatic heterocycles. The van der Waals surface area contributed by atoms with E-state index in [0.29, 0.717) is 0 Å². The van der Waals surface area contributed by atoms with E-state index in [1.54, 1.807) is 6.07 Å². The van der Waals surface area contributed by atoms with Crippen molar-refractivity contribution in [3.8, 4) is 11.5 Å². The maximum absolute atomic E-state index is 12.1. The normalized spacial score (nSPS) is 12.5. The van der Waals surface area contributed by atoms with Crippen molar-refractivity contribution in [3.63, 3.8) is 0 Å². The number of halogens is 1. The number of rotatable bonds is 3. The molecule has 3 nitrogen and oxygen atoms in total. The lowest BCUT2D eigenvalue weighted by Crippen LogP contribution is -2.00. The summed E-state index contributed by atoms with van der Waals surface area (Å²) in [4.78, 5) is 0. The van der Waals surface area contributed by atoms with Crippen LogP contribution < -0.4 is 4.74 Å². The molecule has 0 bridgehead atoms. The van der Waals surface area contributed by atoms with Crippen molar-refractivity contribution < 1.29 is 19.3 Å². The molecule has 0 aliphatic rings. The first kappa shape index (κ1) is 9.80. The van der Waals surface area contributed by atoms with Gasteiger partial charge < -0.3 is 14.9 Å². The van der Waals surface area contributed by atoms with Gasteiger partial charge in [0.15, 0.2) is 11.5 Å². The van der Waals surface area contributed by atoms with Crippen LogP contribution in [0.1, 0.15) is 11.7 Å². The van der Waals surface area contributed by atoms with E-state index in [1.165, 1.54) is 19.2 Å². The van der Waals surface area contributed by atoms with Gasteiger partial charge in [-0.15, -0.1) is 0 Å². The maximum atomic E-state index is 12.1. The van der Waals surface area contributed by atoms with Crippen molar-refractivity contribution in [2.24, 2.45) is 0 Å². The zero-order valence-corrected chi connectivity index (χ0v) is 7.20. The number of phenolic OH excluding ortho intramolecular Hbond substituents is 1. The molecule has 2 N–H and O–H groups in total. The molecule has 0 heterocycles. The van der Waals surface area contributed by atoms with Crippen molar-refractivity contribution in [2.45, 2.75) is 6.10 Å². The Kier molecular flexibility index (Phi) is 3.08. The lowest BCUT2D eigenvalue weighted by atomic mass is 10.1. The Hall–Kier alpha value is -1.29. The molecule has 1 atom stereocenters. The van der Waals surface area contributed by atoms with Crippen molar-refractivity contribution in [2.75, 3.05) is 13.8 Å². The SMILES string of the molecule is COc1cccc(C(O)CF)c1O. The average Bonchev–Trinajstić information content (AvgIpc) is 2.17. The molecule has 1 aromatic rings. The van der Waals surface area contributed by atoms with Crippen LogP contribution in [0, 0.1) is 0 Å². The molecule has 0 amide bonds. The first-order valence-electron chi connectivity index (χ1n) is 3.80. The van der Waals surface area contributed by atoms with Crippen LogP contribution in [-0.4, -0.2) is 24.0 Å². The number of aromatic hydroxyl groups is 1. The Morgan fingerprint density at radius 1 is 1.54 bits per heavy atom. The molecule has 1 aromatic carbocycles. The number of phenols is 1. The van der Waals surface area contributed by atoms with Crippen molar-refractivity contribution >= 4 is 0 Å². The van der Waals surface area contributed by atoms with Gasteiger partial charge in [0.1, 0.15) is 12.8 Å². The number of ether oxygens (including phenoxy) is 1. The summed E-state index contributed by atoms with van der Waals surface area (Å²) < 4.78 is 16.9. The summed E-state index contributed by atoms with van der Waals surface area (Å²) in [7, 11) is 1.39. The molecule has 0 spiro atoms. The zero-order chi connectivity index (χ0) is 9.84. The van der Waals surface area contributed by atoms with E-state index in [-0.39, 0.29) is 17.1 Å². The number of alkyl halides is 1. The Balaban J connectivity index is 3.08. The van der Waals surface area contributed by atoms with Crippen LogP contribution >= 0.6 is 0 Å². The lowest BCUT2D eigenvalue weighted by molar-refractivity contribution is 0.138. The summed E-state index contributed by atoms with van der Waals surface area (Å²) in [6.07, 6.45) is -1.30. The van der Waals surface area contributed by atoms with Gasteiger partial charge in [-0.05, 0) is 6.07 Å². The van der Waals surface area contributed by atoms with E-state index in [9.17, 15) is 9.50 Å². The van der Waals surface area contributed by atoms with Gasteiger partial charge in [0, 0.05) is 5.56 Å². The van der Waals surface area contributed by atoms with Crippen LogP contribution in [0.2, 0.25) is 0 Å². The molecule has 0 aliphatic carbocycles. The molecule has 1 unspecified atom stereocenters. The van der Waals surface area contributed by atoms with Crippen molar-refractivity contribution in [3.05, 3.63) is 23.8 Å². The largest absolute Gasteiger partial charge is 0.504 e. The van der Waals surface area contributed by atoms with E-state index < -0.39 is 12.8 Å². The Morgan fingerprint density at radius 2 is 2.23 bits per heavy atom. The molecule has 0 aromatic heterocycles. The van der Waals surface area contributed by atoms with Crippen LogP contribution in [0.15, 0.2) is 18.2 Å². The van der Waals surface area contributed by atoms with E-state index in [1.807, 2.05) is 0 Å². The predicted octanol–water partition coefficient (Wildman–Crippen LogP) is 1.40. The highest BCUT2D eigenvalue weighted by molar-refractivity contribution is 5.46. The van der Waals surface area contributed by atoms with Crippen LogP contribution in [0.4, 0.5) is 4.39 Å². The van der Waals surface area contributed by atoms with E-state index in [0.717, 1.165) is 0 Å². The van der Waals surface area contributed by atoms with Gasteiger partial charge in [0.05, 0.1) is 7.11 Å². The zero-order valence-electron chi connectivity index (χ0n) is 7.20. The molecule has 0 fully saturated rings. The van der Waals surface area contributed by atoms with Gasteiger partial charge in [-0.25, -0.2) is 4.39 Å². The highest BCUT2D eigenvalue weighted by Crippen LogP contribution is 2.33. The number of hydrogen-bond donors (Lipinski definition) is 2. The van der Waals surface area contributed by atoms with Crippen LogP contribution in [-0.2, 0) is 0 Å². The molecule has 0 radical (unpaired) electrons. The first-order valence-corrected chi connectivity index (χ1v) is 3.80. The number of hydrogen-bond acceptors (Lipinski definition) is 3. The molecule has 72 valence electrons. The van der Waals surface area contributed by atoms with E-state index in [4.69, 9.17) is 9.84 Å². The monoisotopic (exact) mass is 186 g/mol. The average molecular weight is 186 g/mol. The smallest absolute Gasteiger partial charge is 0.163 e. The molecular formula is C9H11FO3. The molecular weight excluding hydrogens is 175 g/mol. The fourth-order valence-corrected chi connectivity index (χ4v) is 1.06. The number of benzene rings is 1. The number of aliphatic hydroxyl groups excluding tert-OH is 1. The standard InChI is InChI=1S/C9H11FO3/c1-13-8-4-2-3-6(9(8)12)7(11)5-10/h2-4,7,11-12H,5H2,1H3. The summed E-state index contributed by atoms with van der Waals surface area (Å²) in [5.41, 5.74) is 0.141. The predicted molar refractivity (Wildman–Crippen MR) is 45.6 cm³/mol. The highest BCUT2D eigenvalue weighted by Gasteiger charge is 2.14. The Bertz CT molecular complexity index is 288. The van der Waals surface area contributed by atoms with Gasteiger partial charge in [-0.3, -0.25) is 0 Å². The molecule has 13 heavy (non-hydrogen) atoms. The second kappa shape index (κ2) is 4.09. The molecule has 0 saturated carbocycles. The van der Waals surface area contributed by atoms with E-state index >= 15 is 0 Å². The van der Waals surface area contributed by atoms with Gasteiger partial charge in [-0.2, -0.15) is 0 Å². The van der Waals surface area contributed by atoms with Gasteiger partial charge >= 0.3 is 0 Å². The fourth-order valence-electron chi connectivity index (χ4n) is 1.06. The summed E-state index contributed by atoms with van der Waals surface area (Å²) in [5, 5.41) is 18.6. The quantitative estimate of drug-likeness (QED) is 0.750. The summed E-state index contributed by atoms with van der Waals surface area (Å²) in [5.74, 6) is 0.0140. The summed E-state index contributed by atoms with van der Waals surface area (Å²) in [6, 6.07) is 4.55. The van der Waals surface area contributed by atoms with Crippen molar-refractivity contribution in [1.29, 1.82) is 0 Å². The maximum Gasteiger partial charge on any atom is 0.163 e. The Labute approximate surface area is 75.4 Å². The highest BCUT2D eigenvalue weighted by atomic mass is 19.1. The van der Waals surface area contributed by atoms with Crippen LogP contribution in [0.3, 0.4) is 0 Å².